The van der Waals surface area contributed by atoms with E-state index in [0.717, 1.165) is 57.8 Å². The Bertz CT molecular complexity index is 698. The first-order valence-corrected chi connectivity index (χ1v) is 23.1. The molecule has 0 unspecified atom stereocenters. The number of hydrogen-bond donors (Lipinski definition) is 0. The van der Waals surface area contributed by atoms with Crippen LogP contribution in [0.1, 0.15) is 272 Å². The molecule has 6 heteroatoms. The maximum Gasteiger partial charge on any atom is 0.423 e. The van der Waals surface area contributed by atoms with Crippen LogP contribution < -0.4 is 0 Å². The van der Waals surface area contributed by atoms with Crippen LogP contribution in [-0.2, 0) is 28.6 Å². The fraction of sp³-hybridized carbons (Fsp3) is 0.935. The summed E-state index contributed by atoms with van der Waals surface area (Å²) in [5.74, 6) is -3.36. The van der Waals surface area contributed by atoms with E-state index >= 15 is 0 Å². The SMILES string of the molecule is CCCCCCCCCCCCCC(=O)OC(CCC)(OC(=O)CCCCCCCCCCCCC)OC(=O)CCCCCCCCCCCCC. The molecule has 0 aliphatic rings. The van der Waals surface area contributed by atoms with Gasteiger partial charge in [0, 0.05) is 19.3 Å². The molecule has 0 bridgehead atoms. The molecule has 0 aliphatic carbocycles. The summed E-state index contributed by atoms with van der Waals surface area (Å²) in [6.45, 7) is 8.67. The molecule has 0 aromatic rings. The number of carbonyl (C=O) groups excluding carboxylic acids is 3. The Morgan fingerprint density at radius 2 is 0.481 bits per heavy atom. The Morgan fingerprint density at radius 1 is 0.288 bits per heavy atom. The summed E-state index contributed by atoms with van der Waals surface area (Å²) in [6.07, 6.45) is 40.8. The molecule has 52 heavy (non-hydrogen) atoms. The number of carbonyl (C=O) groups is 3. The van der Waals surface area contributed by atoms with Crippen molar-refractivity contribution in [3.8, 4) is 0 Å². The van der Waals surface area contributed by atoms with Crippen LogP contribution in [0, 0.1) is 0 Å². The number of hydrogen-bond acceptors (Lipinski definition) is 6. The van der Waals surface area contributed by atoms with Crippen molar-refractivity contribution in [1.82, 2.24) is 0 Å². The Kier molecular flexibility index (Phi) is 37.9. The Balaban J connectivity index is 4.78. The van der Waals surface area contributed by atoms with E-state index < -0.39 is 23.9 Å². The molecule has 0 spiro atoms. The van der Waals surface area contributed by atoms with Crippen molar-refractivity contribution >= 4 is 17.9 Å². The molecule has 0 atom stereocenters. The van der Waals surface area contributed by atoms with Gasteiger partial charge in [0.2, 0.25) is 0 Å². The molecule has 0 aromatic heterocycles. The Hall–Kier alpha value is -1.59. The molecule has 0 amide bonds. The minimum Gasteiger partial charge on any atom is -0.388 e. The zero-order chi connectivity index (χ0) is 38.2. The summed E-state index contributed by atoms with van der Waals surface area (Å²) in [5, 5.41) is 0. The van der Waals surface area contributed by atoms with Gasteiger partial charge in [0.25, 0.3) is 0 Å². The summed E-state index contributed by atoms with van der Waals surface area (Å²) in [7, 11) is 0. The molecule has 308 valence electrons. The fourth-order valence-corrected chi connectivity index (χ4v) is 7.00. The van der Waals surface area contributed by atoms with Gasteiger partial charge in [0.05, 0.1) is 6.42 Å². The zero-order valence-electron chi connectivity index (χ0n) is 35.3. The van der Waals surface area contributed by atoms with Gasteiger partial charge in [0.1, 0.15) is 0 Å². The smallest absolute Gasteiger partial charge is 0.388 e. The lowest BCUT2D eigenvalue weighted by atomic mass is 10.1. The third kappa shape index (κ3) is 34.2. The van der Waals surface area contributed by atoms with Gasteiger partial charge in [0.15, 0.2) is 0 Å². The molecule has 0 radical (unpaired) electrons. The topological polar surface area (TPSA) is 78.9 Å². The van der Waals surface area contributed by atoms with Crippen molar-refractivity contribution in [2.24, 2.45) is 0 Å². The van der Waals surface area contributed by atoms with E-state index in [9.17, 15) is 14.4 Å². The normalized spacial score (nSPS) is 11.5. The van der Waals surface area contributed by atoms with Gasteiger partial charge < -0.3 is 14.2 Å². The first-order chi connectivity index (χ1) is 25.4. The van der Waals surface area contributed by atoms with Crippen molar-refractivity contribution < 1.29 is 28.6 Å². The van der Waals surface area contributed by atoms with Gasteiger partial charge in [-0.15, -0.1) is 0 Å². The van der Waals surface area contributed by atoms with Gasteiger partial charge in [-0.3, -0.25) is 14.4 Å². The van der Waals surface area contributed by atoms with E-state index in [2.05, 4.69) is 20.8 Å². The molecule has 0 aromatic carbocycles. The fourth-order valence-electron chi connectivity index (χ4n) is 7.00. The van der Waals surface area contributed by atoms with Gasteiger partial charge in [-0.2, -0.15) is 0 Å². The van der Waals surface area contributed by atoms with Crippen molar-refractivity contribution in [3.05, 3.63) is 0 Å². The predicted molar refractivity (Wildman–Crippen MR) is 219 cm³/mol. The molecule has 0 rings (SSSR count). The van der Waals surface area contributed by atoms with Crippen molar-refractivity contribution in [2.75, 3.05) is 0 Å². The Morgan fingerprint density at radius 3 is 0.673 bits per heavy atom. The third-order valence-corrected chi connectivity index (χ3v) is 10.3. The van der Waals surface area contributed by atoms with Crippen LogP contribution in [0.5, 0.6) is 0 Å². The lowest BCUT2D eigenvalue weighted by Crippen LogP contribution is -2.44. The van der Waals surface area contributed by atoms with E-state index in [4.69, 9.17) is 14.2 Å². The number of esters is 3. The quantitative estimate of drug-likeness (QED) is 0.0353. The summed E-state index contributed by atoms with van der Waals surface area (Å²) in [6, 6.07) is 0. The average molecular weight is 737 g/mol. The Labute approximate surface area is 323 Å². The molecule has 6 nitrogen and oxygen atoms in total. The second kappa shape index (κ2) is 39.1. The summed E-state index contributed by atoms with van der Waals surface area (Å²) in [5.41, 5.74) is 0. The van der Waals surface area contributed by atoms with E-state index in [1.54, 1.807) is 0 Å². The minimum atomic E-state index is -1.96. The first kappa shape index (κ1) is 50.4. The minimum absolute atomic E-state index is 0.144. The maximum atomic E-state index is 13.1. The zero-order valence-corrected chi connectivity index (χ0v) is 35.3. The van der Waals surface area contributed by atoms with Crippen LogP contribution >= 0.6 is 0 Å². The van der Waals surface area contributed by atoms with Crippen LogP contribution in [0.15, 0.2) is 0 Å². The summed E-state index contributed by atoms with van der Waals surface area (Å²) >= 11 is 0. The van der Waals surface area contributed by atoms with E-state index in [1.165, 1.54) is 154 Å². The average Bonchev–Trinajstić information content (AvgIpc) is 3.11. The lowest BCUT2D eigenvalue weighted by molar-refractivity contribution is -0.333. The van der Waals surface area contributed by atoms with Gasteiger partial charge in [-0.05, 0) is 25.7 Å². The number of ether oxygens (including phenoxy) is 3. The second-order valence-corrected chi connectivity index (χ2v) is 15.7. The van der Waals surface area contributed by atoms with Crippen molar-refractivity contribution in [1.29, 1.82) is 0 Å². The van der Waals surface area contributed by atoms with E-state index in [-0.39, 0.29) is 25.7 Å². The van der Waals surface area contributed by atoms with E-state index in [1.807, 2.05) is 6.92 Å². The molecule has 0 saturated heterocycles. The van der Waals surface area contributed by atoms with E-state index in [0.29, 0.717) is 6.42 Å². The standard InChI is InChI=1S/C46H88O6/c1-5-9-12-15-18-21-24-27-30-33-36-39-43(47)50-46(42-8-4,51-44(48)40-37-34-31-28-25-22-19-16-13-10-6-2)52-45(49)41-38-35-32-29-26-23-20-17-14-11-7-3/h5-42H2,1-4H3. The molecule has 0 aliphatic heterocycles. The van der Waals surface area contributed by atoms with Crippen molar-refractivity contribution in [2.45, 2.75) is 278 Å². The molecule has 0 heterocycles. The largest absolute Gasteiger partial charge is 0.423 e. The monoisotopic (exact) mass is 737 g/mol. The summed E-state index contributed by atoms with van der Waals surface area (Å²) in [4.78, 5) is 39.2. The highest BCUT2D eigenvalue weighted by Gasteiger charge is 2.42. The molecule has 0 fully saturated rings. The van der Waals surface area contributed by atoms with Gasteiger partial charge in [-0.25, -0.2) is 0 Å². The lowest BCUT2D eigenvalue weighted by Gasteiger charge is -2.31. The summed E-state index contributed by atoms with van der Waals surface area (Å²) < 4.78 is 17.4. The highest BCUT2D eigenvalue weighted by molar-refractivity contribution is 5.74. The third-order valence-electron chi connectivity index (χ3n) is 10.3. The highest BCUT2D eigenvalue weighted by Crippen LogP contribution is 2.27. The van der Waals surface area contributed by atoms with Crippen LogP contribution in [0.25, 0.3) is 0 Å². The van der Waals surface area contributed by atoms with Gasteiger partial charge in [-0.1, -0.05) is 220 Å². The predicted octanol–water partition coefficient (Wildman–Crippen LogP) is 15.2. The van der Waals surface area contributed by atoms with Crippen LogP contribution in [-0.4, -0.2) is 23.9 Å². The van der Waals surface area contributed by atoms with Crippen LogP contribution in [0.2, 0.25) is 0 Å². The maximum absolute atomic E-state index is 13.1. The molecular weight excluding hydrogens is 648 g/mol. The van der Waals surface area contributed by atoms with Crippen molar-refractivity contribution in [3.63, 3.8) is 0 Å². The number of rotatable bonds is 41. The molecule has 0 N–H and O–H groups in total. The van der Waals surface area contributed by atoms with Gasteiger partial charge >= 0.3 is 23.9 Å². The molecular formula is C46H88O6. The second-order valence-electron chi connectivity index (χ2n) is 15.7. The number of unbranched alkanes of at least 4 members (excludes halogenated alkanes) is 30. The molecule has 0 saturated carbocycles. The highest BCUT2D eigenvalue weighted by atomic mass is 16.9. The van der Waals surface area contributed by atoms with Crippen LogP contribution in [0.4, 0.5) is 0 Å². The first-order valence-electron chi connectivity index (χ1n) is 23.1. The van der Waals surface area contributed by atoms with Crippen LogP contribution in [0.3, 0.4) is 0 Å².